The third kappa shape index (κ3) is 2.60. The van der Waals surface area contributed by atoms with Crippen LogP contribution in [0.2, 0.25) is 0 Å². The van der Waals surface area contributed by atoms with Crippen LogP contribution in [0.5, 0.6) is 0 Å². The van der Waals surface area contributed by atoms with Crippen molar-refractivity contribution in [3.8, 4) is 0 Å². The fraction of sp³-hybridized carbons (Fsp3) is 0.222. The number of carboxylic acid groups (broad SMARTS) is 2. The Kier molecular flexibility index (Phi) is 4.31. The lowest BCUT2D eigenvalue weighted by Crippen LogP contribution is -2.50. The molecule has 0 radical (unpaired) electrons. The van der Waals surface area contributed by atoms with E-state index in [0.29, 0.717) is 22.3 Å². The molecule has 2 aromatic carbocycles. The van der Waals surface area contributed by atoms with Crippen molar-refractivity contribution in [3.05, 3.63) is 70.8 Å². The minimum absolute atomic E-state index is 0.411. The van der Waals surface area contributed by atoms with E-state index in [9.17, 15) is 19.8 Å². The first-order valence-electron chi connectivity index (χ1n) is 6.93. The predicted molar refractivity (Wildman–Crippen MR) is 77.8 cm³/mol. The Hall–Kier alpha value is -2.62. The molecule has 0 atom stereocenters. The van der Waals surface area contributed by atoms with Crippen molar-refractivity contribution in [1.82, 2.24) is 0 Å². The van der Waals surface area contributed by atoms with Gasteiger partial charge in [-0.3, -0.25) is 0 Å². The first-order chi connectivity index (χ1) is 10.4. The minimum atomic E-state index is -1.77. The van der Waals surface area contributed by atoms with Crippen molar-refractivity contribution in [2.75, 3.05) is 0 Å². The lowest BCUT2D eigenvalue weighted by Gasteiger charge is -2.38. The summed E-state index contributed by atoms with van der Waals surface area (Å²) in [6.07, 6.45) is -0.676. The molecule has 0 aliphatic heterocycles. The topological polar surface area (TPSA) is 80.3 Å². The van der Waals surface area contributed by atoms with Crippen LogP contribution in [0, 0.1) is 13.8 Å². The van der Waals surface area contributed by atoms with Crippen LogP contribution in [0.15, 0.2) is 48.5 Å². The molecular formula is C18H16O4-2. The first kappa shape index (κ1) is 15.8. The van der Waals surface area contributed by atoms with Crippen LogP contribution < -0.4 is 10.2 Å². The fourth-order valence-corrected chi connectivity index (χ4v) is 2.95. The molecule has 0 unspecified atom stereocenters. The maximum atomic E-state index is 12.1. The molecule has 114 valence electrons. The summed E-state index contributed by atoms with van der Waals surface area (Å²) < 4.78 is 0. The number of hydrogen-bond donors (Lipinski definition) is 0. The molecule has 0 bridgehead atoms. The molecule has 4 heteroatoms. The van der Waals surface area contributed by atoms with Crippen molar-refractivity contribution >= 4 is 11.9 Å². The third-order valence-corrected chi connectivity index (χ3v) is 3.97. The maximum Gasteiger partial charge on any atom is 0.0654 e. The van der Waals surface area contributed by atoms with Crippen molar-refractivity contribution in [2.45, 2.75) is 25.7 Å². The van der Waals surface area contributed by atoms with Gasteiger partial charge in [0.2, 0.25) is 0 Å². The Labute approximate surface area is 129 Å². The molecule has 0 N–H and O–H groups in total. The van der Waals surface area contributed by atoms with Crippen LogP contribution in [0.3, 0.4) is 0 Å². The molecule has 0 spiro atoms. The quantitative estimate of drug-likeness (QED) is 0.803. The van der Waals surface area contributed by atoms with Crippen molar-refractivity contribution in [2.24, 2.45) is 0 Å². The van der Waals surface area contributed by atoms with Gasteiger partial charge in [0.1, 0.15) is 0 Å². The molecule has 0 aliphatic rings. The molecule has 0 aliphatic carbocycles. The normalized spacial score (nSPS) is 11.2. The molecular weight excluding hydrogens is 280 g/mol. The molecule has 0 heterocycles. The van der Waals surface area contributed by atoms with Crippen LogP contribution in [0.1, 0.15) is 28.7 Å². The number of hydrogen-bond acceptors (Lipinski definition) is 4. The Morgan fingerprint density at radius 1 is 0.864 bits per heavy atom. The summed E-state index contributed by atoms with van der Waals surface area (Å²) in [6.45, 7) is 3.50. The molecule has 0 fully saturated rings. The van der Waals surface area contributed by atoms with Crippen molar-refractivity contribution < 1.29 is 19.8 Å². The van der Waals surface area contributed by atoms with E-state index in [1.807, 2.05) is 0 Å². The molecule has 0 aromatic heterocycles. The van der Waals surface area contributed by atoms with Gasteiger partial charge in [-0.2, -0.15) is 0 Å². The van der Waals surface area contributed by atoms with Gasteiger partial charge in [-0.1, -0.05) is 48.5 Å². The van der Waals surface area contributed by atoms with E-state index in [4.69, 9.17) is 0 Å². The third-order valence-electron chi connectivity index (χ3n) is 3.97. The van der Waals surface area contributed by atoms with E-state index >= 15 is 0 Å². The van der Waals surface area contributed by atoms with E-state index in [2.05, 4.69) is 0 Å². The fourth-order valence-electron chi connectivity index (χ4n) is 2.95. The second-order valence-electron chi connectivity index (χ2n) is 5.37. The summed E-state index contributed by atoms with van der Waals surface area (Å²) in [4.78, 5) is 23.3. The molecule has 0 saturated carbocycles. The second-order valence-corrected chi connectivity index (χ2v) is 5.37. The number of carboxylic acids is 2. The molecule has 22 heavy (non-hydrogen) atoms. The molecule has 0 amide bonds. The van der Waals surface area contributed by atoms with Gasteiger partial charge < -0.3 is 19.8 Å². The van der Waals surface area contributed by atoms with E-state index in [1.165, 1.54) is 0 Å². The number of carbonyl (C=O) groups is 2. The first-order valence-corrected chi connectivity index (χ1v) is 6.93. The van der Waals surface area contributed by atoms with Gasteiger partial charge in [-0.25, -0.2) is 0 Å². The summed E-state index contributed by atoms with van der Waals surface area (Å²) in [7, 11) is 0. The summed E-state index contributed by atoms with van der Waals surface area (Å²) in [5.74, 6) is -2.88. The van der Waals surface area contributed by atoms with E-state index in [1.54, 1.807) is 62.4 Å². The second kappa shape index (κ2) is 6.02. The highest BCUT2D eigenvalue weighted by atomic mass is 16.4. The van der Waals surface area contributed by atoms with Gasteiger partial charge in [0.25, 0.3) is 0 Å². The average Bonchev–Trinajstić information content (AvgIpc) is 2.45. The molecule has 2 aromatic rings. The van der Waals surface area contributed by atoms with E-state index < -0.39 is 23.8 Å². The SMILES string of the molecule is Cc1ccccc1C(CC(=O)[O-])(C(=O)[O-])c1ccccc1C. The standard InChI is InChI=1S/C18H18O4/c1-12-7-3-5-9-14(12)18(17(21)22,11-16(19)20)15-10-6-4-8-13(15)2/h3-10H,11H2,1-2H3,(H,19,20)(H,21,22)/p-2. The number of carbonyl (C=O) groups excluding carboxylic acids is 2. The monoisotopic (exact) mass is 296 g/mol. The van der Waals surface area contributed by atoms with Crippen LogP contribution in [0.4, 0.5) is 0 Å². The average molecular weight is 296 g/mol. The summed E-state index contributed by atoms with van der Waals surface area (Å²) in [5, 5.41) is 23.3. The predicted octanol–water partition coefficient (Wildman–Crippen LogP) is 0.479. The lowest BCUT2D eigenvalue weighted by atomic mass is 9.69. The zero-order valence-corrected chi connectivity index (χ0v) is 12.5. The summed E-state index contributed by atoms with van der Waals surface area (Å²) in [5.41, 5.74) is 0.435. The maximum absolute atomic E-state index is 12.1. The van der Waals surface area contributed by atoms with Gasteiger partial charge in [-0.15, -0.1) is 0 Å². The van der Waals surface area contributed by atoms with E-state index in [0.717, 1.165) is 0 Å². The van der Waals surface area contributed by atoms with Gasteiger partial charge in [0.15, 0.2) is 0 Å². The minimum Gasteiger partial charge on any atom is -0.550 e. The summed E-state index contributed by atoms with van der Waals surface area (Å²) >= 11 is 0. The number of aryl methyl sites for hydroxylation is 2. The Morgan fingerprint density at radius 2 is 1.27 bits per heavy atom. The van der Waals surface area contributed by atoms with Gasteiger partial charge in [0, 0.05) is 12.4 Å². The summed E-state index contributed by atoms with van der Waals surface area (Å²) in [6, 6.07) is 13.7. The highest BCUT2D eigenvalue weighted by molar-refractivity contribution is 5.90. The van der Waals surface area contributed by atoms with E-state index in [-0.39, 0.29) is 0 Å². The molecule has 0 saturated heterocycles. The lowest BCUT2D eigenvalue weighted by molar-refractivity contribution is -0.321. The van der Waals surface area contributed by atoms with Crippen LogP contribution in [-0.4, -0.2) is 11.9 Å². The number of rotatable bonds is 5. The van der Waals surface area contributed by atoms with Crippen LogP contribution in [0.25, 0.3) is 0 Å². The van der Waals surface area contributed by atoms with Crippen molar-refractivity contribution in [1.29, 1.82) is 0 Å². The zero-order chi connectivity index (χ0) is 16.3. The van der Waals surface area contributed by atoms with Gasteiger partial charge in [-0.05, 0) is 36.1 Å². The largest absolute Gasteiger partial charge is 0.550 e. The number of aliphatic carboxylic acids is 2. The smallest absolute Gasteiger partial charge is 0.0654 e. The van der Waals surface area contributed by atoms with Crippen LogP contribution in [-0.2, 0) is 15.0 Å². The zero-order valence-electron chi connectivity index (χ0n) is 12.5. The van der Waals surface area contributed by atoms with Crippen molar-refractivity contribution in [3.63, 3.8) is 0 Å². The molecule has 2 rings (SSSR count). The Balaban J connectivity index is 2.84. The van der Waals surface area contributed by atoms with Gasteiger partial charge in [0.05, 0.1) is 11.4 Å². The Bertz CT molecular complexity index is 673. The molecule has 4 nitrogen and oxygen atoms in total. The Morgan fingerprint density at radius 3 is 1.59 bits per heavy atom. The number of benzene rings is 2. The highest BCUT2D eigenvalue weighted by Crippen LogP contribution is 2.38. The van der Waals surface area contributed by atoms with Gasteiger partial charge >= 0.3 is 0 Å². The van der Waals surface area contributed by atoms with Crippen LogP contribution >= 0.6 is 0 Å². The highest BCUT2D eigenvalue weighted by Gasteiger charge is 2.38.